The molecule has 1 heterocycles. The molecule has 0 saturated carbocycles. The van der Waals surface area contributed by atoms with Gasteiger partial charge in [-0.25, -0.2) is 13.4 Å². The van der Waals surface area contributed by atoms with Crippen LogP contribution >= 0.6 is 11.6 Å². The maximum atomic E-state index is 11.4. The zero-order chi connectivity index (χ0) is 12.2. The minimum atomic E-state index is -3.71. The summed E-state index contributed by atoms with van der Waals surface area (Å²) in [5.41, 5.74) is 0.134. The summed E-state index contributed by atoms with van der Waals surface area (Å²) < 4.78 is 24.9. The average molecular weight is 265 g/mol. The van der Waals surface area contributed by atoms with E-state index in [2.05, 4.69) is 9.71 Å². The number of aromatic nitrogens is 1. The van der Waals surface area contributed by atoms with Crippen molar-refractivity contribution in [1.82, 2.24) is 4.98 Å². The van der Waals surface area contributed by atoms with Crippen molar-refractivity contribution < 1.29 is 18.3 Å². The number of aliphatic carboxylic acids is 1. The van der Waals surface area contributed by atoms with Crippen LogP contribution in [0.15, 0.2) is 18.3 Å². The maximum Gasteiger partial charge on any atom is 0.304 e. The van der Waals surface area contributed by atoms with E-state index in [-0.39, 0.29) is 10.8 Å². The Morgan fingerprint density at radius 1 is 1.56 bits per heavy atom. The molecule has 0 radical (unpaired) electrons. The number of nitrogens with zero attached hydrogens (tertiary/aromatic N) is 1. The van der Waals surface area contributed by atoms with Crippen molar-refractivity contribution in [2.45, 2.75) is 6.42 Å². The number of carboxylic acid groups (broad SMARTS) is 1. The number of carbonyl (C=O) groups is 1. The van der Waals surface area contributed by atoms with Crippen LogP contribution in [0.4, 0.5) is 5.69 Å². The Balaban J connectivity index is 2.73. The first-order chi connectivity index (χ1) is 7.41. The maximum absolute atomic E-state index is 11.4. The van der Waals surface area contributed by atoms with Gasteiger partial charge in [-0.1, -0.05) is 11.6 Å². The summed E-state index contributed by atoms with van der Waals surface area (Å²) >= 11 is 5.64. The van der Waals surface area contributed by atoms with Crippen LogP contribution in [-0.4, -0.2) is 30.2 Å². The number of rotatable bonds is 5. The molecule has 0 bridgehead atoms. The van der Waals surface area contributed by atoms with E-state index in [1.165, 1.54) is 18.3 Å². The second-order valence-corrected chi connectivity index (χ2v) is 5.11. The van der Waals surface area contributed by atoms with Gasteiger partial charge in [0.05, 0.1) is 17.9 Å². The third-order valence-electron chi connectivity index (χ3n) is 1.61. The van der Waals surface area contributed by atoms with Crippen LogP contribution in [0.3, 0.4) is 0 Å². The second-order valence-electron chi connectivity index (χ2n) is 2.91. The Bertz CT molecular complexity index is 489. The minimum Gasteiger partial charge on any atom is -0.481 e. The molecule has 1 rings (SSSR count). The monoisotopic (exact) mass is 264 g/mol. The van der Waals surface area contributed by atoms with E-state index in [0.29, 0.717) is 0 Å². The van der Waals surface area contributed by atoms with Crippen molar-refractivity contribution in [3.8, 4) is 0 Å². The molecule has 88 valence electrons. The van der Waals surface area contributed by atoms with Crippen LogP contribution in [0, 0.1) is 0 Å². The SMILES string of the molecule is O=C(O)CCS(=O)(=O)Nc1cccnc1Cl. The molecule has 0 saturated heterocycles. The van der Waals surface area contributed by atoms with Crippen LogP contribution in [0.1, 0.15) is 6.42 Å². The third kappa shape index (κ3) is 4.03. The highest BCUT2D eigenvalue weighted by atomic mass is 35.5. The standard InChI is InChI=1S/C8H9ClN2O4S/c9-8-6(2-1-4-10-8)11-16(14,15)5-3-7(12)13/h1-2,4,11H,3,5H2,(H,12,13). The van der Waals surface area contributed by atoms with E-state index in [0.717, 1.165) is 0 Å². The molecule has 0 spiro atoms. The number of hydrogen-bond acceptors (Lipinski definition) is 4. The molecule has 1 aromatic rings. The van der Waals surface area contributed by atoms with Gasteiger partial charge in [0.2, 0.25) is 10.0 Å². The summed E-state index contributed by atoms with van der Waals surface area (Å²) in [6, 6.07) is 2.95. The van der Waals surface area contributed by atoms with Gasteiger partial charge in [-0.2, -0.15) is 0 Å². The first-order valence-corrected chi connectivity index (χ1v) is 6.26. The predicted molar refractivity (Wildman–Crippen MR) is 58.9 cm³/mol. The number of pyridine rings is 1. The lowest BCUT2D eigenvalue weighted by molar-refractivity contribution is -0.136. The van der Waals surface area contributed by atoms with Crippen LogP contribution < -0.4 is 4.72 Å². The quantitative estimate of drug-likeness (QED) is 0.772. The minimum absolute atomic E-state index is 0.0152. The summed E-state index contributed by atoms with van der Waals surface area (Å²) in [5.74, 6) is -1.68. The van der Waals surface area contributed by atoms with Crippen molar-refractivity contribution in [2.24, 2.45) is 0 Å². The van der Waals surface area contributed by atoms with Gasteiger partial charge in [0.1, 0.15) is 0 Å². The van der Waals surface area contributed by atoms with E-state index in [1.807, 2.05) is 0 Å². The lowest BCUT2D eigenvalue weighted by Crippen LogP contribution is -2.19. The highest BCUT2D eigenvalue weighted by molar-refractivity contribution is 7.92. The number of hydrogen-bond donors (Lipinski definition) is 2. The van der Waals surface area contributed by atoms with E-state index < -0.39 is 28.2 Å². The summed E-state index contributed by atoms with van der Waals surface area (Å²) in [4.78, 5) is 13.9. The number of carboxylic acids is 1. The molecule has 8 heteroatoms. The fraction of sp³-hybridized carbons (Fsp3) is 0.250. The first kappa shape index (κ1) is 12.7. The fourth-order valence-corrected chi connectivity index (χ4v) is 2.17. The van der Waals surface area contributed by atoms with E-state index >= 15 is 0 Å². The largest absolute Gasteiger partial charge is 0.481 e. The fourth-order valence-electron chi connectivity index (χ4n) is 0.902. The molecular weight excluding hydrogens is 256 g/mol. The second kappa shape index (κ2) is 5.13. The summed E-state index contributed by atoms with van der Waals surface area (Å²) in [5, 5.41) is 8.38. The Morgan fingerprint density at radius 2 is 2.25 bits per heavy atom. The van der Waals surface area contributed by atoms with Gasteiger partial charge < -0.3 is 5.11 Å². The van der Waals surface area contributed by atoms with Gasteiger partial charge in [-0.05, 0) is 12.1 Å². The van der Waals surface area contributed by atoms with Crippen molar-refractivity contribution in [2.75, 3.05) is 10.5 Å². The summed E-state index contributed by atoms with van der Waals surface area (Å²) in [6.45, 7) is 0. The van der Waals surface area contributed by atoms with Gasteiger partial charge in [0.25, 0.3) is 0 Å². The topological polar surface area (TPSA) is 96.4 Å². The van der Waals surface area contributed by atoms with Crippen LogP contribution in [0.5, 0.6) is 0 Å². The Kier molecular flexibility index (Phi) is 4.08. The van der Waals surface area contributed by atoms with Gasteiger partial charge in [0, 0.05) is 6.20 Å². The third-order valence-corrected chi connectivity index (χ3v) is 3.18. The van der Waals surface area contributed by atoms with Crippen molar-refractivity contribution >= 4 is 33.3 Å². The zero-order valence-electron chi connectivity index (χ0n) is 8.05. The van der Waals surface area contributed by atoms with Gasteiger partial charge in [0.15, 0.2) is 5.15 Å². The Hall–Kier alpha value is -1.34. The molecule has 0 aliphatic heterocycles. The van der Waals surface area contributed by atoms with E-state index in [1.54, 1.807) is 0 Å². The molecule has 0 aromatic carbocycles. The number of sulfonamides is 1. The summed E-state index contributed by atoms with van der Waals surface area (Å²) in [7, 11) is -3.71. The van der Waals surface area contributed by atoms with Crippen LogP contribution in [-0.2, 0) is 14.8 Å². The summed E-state index contributed by atoms with van der Waals surface area (Å²) in [6.07, 6.45) is 0.949. The molecular formula is C8H9ClN2O4S. The Morgan fingerprint density at radius 3 is 2.81 bits per heavy atom. The lowest BCUT2D eigenvalue weighted by atomic mass is 10.4. The van der Waals surface area contributed by atoms with Crippen molar-refractivity contribution in [3.05, 3.63) is 23.5 Å². The van der Waals surface area contributed by atoms with Gasteiger partial charge in [-0.3, -0.25) is 9.52 Å². The van der Waals surface area contributed by atoms with E-state index in [9.17, 15) is 13.2 Å². The number of nitrogens with one attached hydrogen (secondary N) is 1. The van der Waals surface area contributed by atoms with Crippen LogP contribution in [0.25, 0.3) is 0 Å². The molecule has 2 N–H and O–H groups in total. The molecule has 6 nitrogen and oxygen atoms in total. The molecule has 16 heavy (non-hydrogen) atoms. The number of anilines is 1. The Labute approximate surface area is 97.3 Å². The average Bonchev–Trinajstić information content (AvgIpc) is 2.19. The number of halogens is 1. The zero-order valence-corrected chi connectivity index (χ0v) is 9.62. The molecule has 0 fully saturated rings. The van der Waals surface area contributed by atoms with Crippen molar-refractivity contribution in [1.29, 1.82) is 0 Å². The van der Waals surface area contributed by atoms with Crippen molar-refractivity contribution in [3.63, 3.8) is 0 Å². The van der Waals surface area contributed by atoms with Gasteiger partial charge in [-0.15, -0.1) is 0 Å². The van der Waals surface area contributed by atoms with E-state index in [4.69, 9.17) is 16.7 Å². The molecule has 0 unspecified atom stereocenters. The van der Waals surface area contributed by atoms with Crippen LogP contribution in [0.2, 0.25) is 5.15 Å². The van der Waals surface area contributed by atoms with Gasteiger partial charge >= 0.3 is 5.97 Å². The molecule has 0 atom stereocenters. The molecule has 1 aromatic heterocycles. The lowest BCUT2D eigenvalue weighted by Gasteiger charge is -2.07. The predicted octanol–water partition coefficient (Wildman–Crippen LogP) is 0.951. The normalized spacial score (nSPS) is 11.1. The highest BCUT2D eigenvalue weighted by Crippen LogP contribution is 2.18. The molecule has 0 aliphatic carbocycles. The first-order valence-electron chi connectivity index (χ1n) is 4.23. The molecule has 0 aliphatic rings. The molecule has 0 amide bonds. The smallest absolute Gasteiger partial charge is 0.304 e. The highest BCUT2D eigenvalue weighted by Gasteiger charge is 2.14.